The number of methoxy groups -OCH3 is 1. The summed E-state index contributed by atoms with van der Waals surface area (Å²) in [5, 5.41) is 11.6. The predicted molar refractivity (Wildman–Crippen MR) is 69.7 cm³/mol. The van der Waals surface area contributed by atoms with Crippen LogP contribution in [0, 0.1) is 11.3 Å². The van der Waals surface area contributed by atoms with Gasteiger partial charge < -0.3 is 10.1 Å². The van der Waals surface area contributed by atoms with Gasteiger partial charge in [0.1, 0.15) is 5.75 Å². The van der Waals surface area contributed by atoms with E-state index in [2.05, 4.69) is 5.32 Å². The number of carbonyl (C=O) groups is 1. The van der Waals surface area contributed by atoms with Crippen LogP contribution >= 0.6 is 11.6 Å². The molecule has 0 heterocycles. The van der Waals surface area contributed by atoms with Crippen LogP contribution in [0.15, 0.2) is 18.2 Å². The lowest BCUT2D eigenvalue weighted by Crippen LogP contribution is -2.36. The number of hydrogen-bond donors (Lipinski definition) is 1. The van der Waals surface area contributed by atoms with Crippen molar-refractivity contribution in [2.75, 3.05) is 13.7 Å². The van der Waals surface area contributed by atoms with Crippen LogP contribution in [-0.4, -0.2) is 19.6 Å². The summed E-state index contributed by atoms with van der Waals surface area (Å²) >= 11 is 5.97. The standard InChI is InChI=1S/C13H15ClN2O2/c1-13(2,8-16-12(17)7-15)10-6-9(14)4-5-11(10)18-3/h4-6H,8H2,1-3H3,(H,16,17). The Morgan fingerprint density at radius 3 is 2.78 bits per heavy atom. The minimum absolute atomic E-state index is 0.329. The summed E-state index contributed by atoms with van der Waals surface area (Å²) in [6.07, 6.45) is 0. The number of halogens is 1. The highest BCUT2D eigenvalue weighted by Crippen LogP contribution is 2.33. The lowest BCUT2D eigenvalue weighted by atomic mass is 9.84. The van der Waals surface area contributed by atoms with E-state index in [0.717, 1.165) is 5.56 Å². The van der Waals surface area contributed by atoms with Gasteiger partial charge in [0.2, 0.25) is 0 Å². The second kappa shape index (κ2) is 5.74. The Kier molecular flexibility index (Phi) is 4.57. The highest BCUT2D eigenvalue weighted by Gasteiger charge is 2.25. The molecule has 0 saturated carbocycles. The van der Waals surface area contributed by atoms with E-state index in [-0.39, 0.29) is 5.41 Å². The molecule has 0 saturated heterocycles. The number of ether oxygens (including phenoxy) is 1. The summed E-state index contributed by atoms with van der Waals surface area (Å²) in [6.45, 7) is 4.22. The topological polar surface area (TPSA) is 62.1 Å². The van der Waals surface area contributed by atoms with E-state index in [9.17, 15) is 4.79 Å². The van der Waals surface area contributed by atoms with Gasteiger partial charge in [-0.1, -0.05) is 25.4 Å². The number of benzene rings is 1. The number of rotatable bonds is 4. The van der Waals surface area contributed by atoms with Crippen LogP contribution in [0.1, 0.15) is 19.4 Å². The minimum Gasteiger partial charge on any atom is -0.496 e. The van der Waals surface area contributed by atoms with Gasteiger partial charge in [0.05, 0.1) is 7.11 Å². The van der Waals surface area contributed by atoms with Crippen molar-refractivity contribution < 1.29 is 9.53 Å². The second-order valence-corrected chi connectivity index (χ2v) is 4.96. The van der Waals surface area contributed by atoms with Crippen LogP contribution in [0.25, 0.3) is 0 Å². The highest BCUT2D eigenvalue weighted by atomic mass is 35.5. The molecule has 0 bridgehead atoms. The van der Waals surface area contributed by atoms with Crippen molar-refractivity contribution in [1.82, 2.24) is 5.32 Å². The van der Waals surface area contributed by atoms with Gasteiger partial charge in [0.25, 0.3) is 0 Å². The van der Waals surface area contributed by atoms with Crippen molar-refractivity contribution in [1.29, 1.82) is 5.26 Å². The van der Waals surface area contributed by atoms with Crippen LogP contribution in [0.3, 0.4) is 0 Å². The number of hydrogen-bond acceptors (Lipinski definition) is 3. The highest BCUT2D eigenvalue weighted by molar-refractivity contribution is 6.30. The van der Waals surface area contributed by atoms with Gasteiger partial charge in [-0.15, -0.1) is 0 Å². The number of nitrogens with zero attached hydrogens (tertiary/aromatic N) is 1. The molecule has 1 rings (SSSR count). The van der Waals surface area contributed by atoms with Gasteiger partial charge in [0, 0.05) is 22.5 Å². The number of amides is 1. The molecule has 0 atom stereocenters. The number of nitrogens with one attached hydrogen (secondary N) is 1. The van der Waals surface area contributed by atoms with Crippen molar-refractivity contribution >= 4 is 17.5 Å². The first-order valence-electron chi connectivity index (χ1n) is 5.42. The Balaban J connectivity index is 3.00. The molecule has 0 aliphatic carbocycles. The van der Waals surface area contributed by atoms with Gasteiger partial charge in [-0.2, -0.15) is 5.26 Å². The minimum atomic E-state index is -0.649. The Labute approximate surface area is 112 Å². The Hall–Kier alpha value is -1.73. The van der Waals surface area contributed by atoms with Crippen LogP contribution in [0.4, 0.5) is 0 Å². The molecule has 0 spiro atoms. The zero-order valence-corrected chi connectivity index (χ0v) is 11.3. The molecule has 0 fully saturated rings. The van der Waals surface area contributed by atoms with Crippen molar-refractivity contribution in [2.45, 2.75) is 19.3 Å². The molecule has 0 aliphatic heterocycles. The van der Waals surface area contributed by atoms with Crippen LogP contribution in [0.2, 0.25) is 5.02 Å². The third-order valence-electron chi connectivity index (χ3n) is 2.68. The van der Waals surface area contributed by atoms with E-state index in [1.54, 1.807) is 25.3 Å². The summed E-state index contributed by atoms with van der Waals surface area (Å²) in [5.41, 5.74) is 0.499. The first-order chi connectivity index (χ1) is 8.40. The normalized spacial score (nSPS) is 10.6. The van der Waals surface area contributed by atoms with Gasteiger partial charge >= 0.3 is 5.91 Å². The molecule has 18 heavy (non-hydrogen) atoms. The lowest BCUT2D eigenvalue weighted by molar-refractivity contribution is -0.116. The molecule has 1 aromatic rings. The average molecular weight is 267 g/mol. The summed E-state index contributed by atoms with van der Waals surface area (Å²) in [5.74, 6) is 0.0553. The van der Waals surface area contributed by atoms with Gasteiger partial charge in [-0.3, -0.25) is 4.79 Å². The fourth-order valence-electron chi connectivity index (χ4n) is 1.65. The molecule has 4 nitrogen and oxygen atoms in total. The number of carbonyl (C=O) groups excluding carboxylic acids is 1. The maximum Gasteiger partial charge on any atom is 0.322 e. The second-order valence-electron chi connectivity index (χ2n) is 4.52. The zero-order valence-electron chi connectivity index (χ0n) is 10.6. The summed E-state index contributed by atoms with van der Waals surface area (Å²) in [6, 6.07) is 6.85. The molecule has 0 aromatic heterocycles. The van der Waals surface area contributed by atoms with E-state index < -0.39 is 5.91 Å². The SMILES string of the molecule is COc1ccc(Cl)cc1C(C)(C)CNC(=O)C#N. The van der Waals surface area contributed by atoms with Gasteiger partial charge in [-0.05, 0) is 18.2 Å². The Morgan fingerprint density at radius 2 is 2.22 bits per heavy atom. The van der Waals surface area contributed by atoms with E-state index >= 15 is 0 Å². The molecule has 1 aromatic carbocycles. The summed E-state index contributed by atoms with van der Waals surface area (Å²) < 4.78 is 5.28. The maximum absolute atomic E-state index is 11.0. The van der Waals surface area contributed by atoms with Crippen molar-refractivity contribution in [3.63, 3.8) is 0 Å². The molecule has 0 unspecified atom stereocenters. The Morgan fingerprint density at radius 1 is 1.56 bits per heavy atom. The van der Waals surface area contributed by atoms with E-state index in [1.165, 1.54) is 6.07 Å². The van der Waals surface area contributed by atoms with Crippen LogP contribution in [0.5, 0.6) is 5.75 Å². The molecule has 0 radical (unpaired) electrons. The predicted octanol–water partition coefficient (Wildman–Crippen LogP) is 2.27. The average Bonchev–Trinajstić information content (AvgIpc) is 2.36. The smallest absolute Gasteiger partial charge is 0.322 e. The van der Waals surface area contributed by atoms with E-state index in [4.69, 9.17) is 21.6 Å². The lowest BCUT2D eigenvalue weighted by Gasteiger charge is -2.27. The molecule has 1 amide bonds. The molecule has 1 N–H and O–H groups in total. The van der Waals surface area contributed by atoms with Crippen LogP contribution < -0.4 is 10.1 Å². The van der Waals surface area contributed by atoms with Gasteiger partial charge in [0.15, 0.2) is 6.07 Å². The Bertz CT molecular complexity index is 492. The van der Waals surface area contributed by atoms with Crippen molar-refractivity contribution in [3.8, 4) is 11.8 Å². The summed E-state index contributed by atoms with van der Waals surface area (Å²) in [7, 11) is 1.58. The molecular weight excluding hydrogens is 252 g/mol. The fraction of sp³-hybridized carbons (Fsp3) is 0.385. The third-order valence-corrected chi connectivity index (χ3v) is 2.92. The van der Waals surface area contributed by atoms with Crippen molar-refractivity contribution in [3.05, 3.63) is 28.8 Å². The molecular formula is C13H15ClN2O2. The van der Waals surface area contributed by atoms with E-state index in [1.807, 2.05) is 13.8 Å². The first-order valence-corrected chi connectivity index (χ1v) is 5.80. The molecule has 96 valence electrons. The monoisotopic (exact) mass is 266 g/mol. The largest absolute Gasteiger partial charge is 0.496 e. The van der Waals surface area contributed by atoms with Crippen LogP contribution in [-0.2, 0) is 10.2 Å². The quantitative estimate of drug-likeness (QED) is 0.851. The third kappa shape index (κ3) is 3.38. The first kappa shape index (κ1) is 14.3. The maximum atomic E-state index is 11.0. The van der Waals surface area contributed by atoms with Crippen molar-refractivity contribution in [2.24, 2.45) is 0 Å². The summed E-state index contributed by atoms with van der Waals surface area (Å²) in [4.78, 5) is 11.0. The van der Waals surface area contributed by atoms with E-state index in [0.29, 0.717) is 17.3 Å². The number of nitriles is 1. The molecule has 0 aliphatic rings. The molecule has 5 heteroatoms. The fourth-order valence-corrected chi connectivity index (χ4v) is 1.82. The van der Waals surface area contributed by atoms with Gasteiger partial charge in [-0.25, -0.2) is 0 Å². The zero-order chi connectivity index (χ0) is 13.8.